The molecule has 1 fully saturated rings. The van der Waals surface area contributed by atoms with Crippen molar-refractivity contribution in [3.05, 3.63) is 23.7 Å². The third-order valence-corrected chi connectivity index (χ3v) is 3.09. The summed E-state index contributed by atoms with van der Waals surface area (Å²) in [4.78, 5) is 11.9. The predicted octanol–water partition coefficient (Wildman–Crippen LogP) is 1.24. The Morgan fingerprint density at radius 1 is 1.53 bits per heavy atom. The Kier molecular flexibility index (Phi) is 3.84. The molecule has 17 heavy (non-hydrogen) atoms. The second-order valence-electron chi connectivity index (χ2n) is 4.64. The first-order valence-corrected chi connectivity index (χ1v) is 6.31. The van der Waals surface area contributed by atoms with Crippen LogP contribution in [0.3, 0.4) is 0 Å². The number of rotatable bonds is 6. The van der Waals surface area contributed by atoms with E-state index in [-0.39, 0.29) is 11.8 Å². The highest BCUT2D eigenvalue weighted by Gasteiger charge is 2.27. The number of nitrogens with two attached hydrogens (primary N) is 1. The maximum atomic E-state index is 11.9. The van der Waals surface area contributed by atoms with E-state index in [1.165, 1.54) is 0 Å². The summed E-state index contributed by atoms with van der Waals surface area (Å²) in [5, 5.41) is 2.99. The van der Waals surface area contributed by atoms with E-state index in [4.69, 9.17) is 10.2 Å². The SMILES string of the molecule is CCc1ccc(CC(CN)C(=O)NC2CC2)o1. The van der Waals surface area contributed by atoms with Gasteiger partial charge in [-0.25, -0.2) is 0 Å². The van der Waals surface area contributed by atoms with Crippen molar-refractivity contribution < 1.29 is 9.21 Å². The minimum Gasteiger partial charge on any atom is -0.466 e. The molecule has 1 saturated carbocycles. The Balaban J connectivity index is 1.91. The van der Waals surface area contributed by atoms with Gasteiger partial charge in [-0.3, -0.25) is 4.79 Å². The molecule has 1 aromatic rings. The van der Waals surface area contributed by atoms with Gasteiger partial charge in [-0.2, -0.15) is 0 Å². The third-order valence-electron chi connectivity index (χ3n) is 3.09. The predicted molar refractivity (Wildman–Crippen MR) is 65.5 cm³/mol. The maximum absolute atomic E-state index is 11.9. The lowest BCUT2D eigenvalue weighted by Crippen LogP contribution is -2.37. The van der Waals surface area contributed by atoms with Gasteiger partial charge in [0, 0.05) is 25.4 Å². The van der Waals surface area contributed by atoms with E-state index >= 15 is 0 Å². The summed E-state index contributed by atoms with van der Waals surface area (Å²) in [5.74, 6) is 1.69. The molecule has 0 spiro atoms. The lowest BCUT2D eigenvalue weighted by molar-refractivity contribution is -0.124. The van der Waals surface area contributed by atoms with E-state index in [2.05, 4.69) is 5.32 Å². The highest BCUT2D eigenvalue weighted by molar-refractivity contribution is 5.79. The number of nitrogens with one attached hydrogen (secondary N) is 1. The summed E-state index contributed by atoms with van der Waals surface area (Å²) in [6.07, 6.45) is 3.67. The molecule has 4 nitrogen and oxygen atoms in total. The molecule has 0 radical (unpaired) electrons. The summed E-state index contributed by atoms with van der Waals surface area (Å²) in [6, 6.07) is 4.28. The van der Waals surface area contributed by atoms with Gasteiger partial charge in [0.2, 0.25) is 5.91 Å². The molecule has 0 aromatic carbocycles. The van der Waals surface area contributed by atoms with Crippen molar-refractivity contribution in [2.75, 3.05) is 6.54 Å². The van der Waals surface area contributed by atoms with Crippen molar-refractivity contribution in [3.8, 4) is 0 Å². The number of aryl methyl sites for hydroxylation is 1. The molecule has 0 aliphatic heterocycles. The van der Waals surface area contributed by atoms with E-state index in [1.54, 1.807) is 0 Å². The highest BCUT2D eigenvalue weighted by Crippen LogP contribution is 2.20. The van der Waals surface area contributed by atoms with E-state index < -0.39 is 0 Å². The quantitative estimate of drug-likeness (QED) is 0.780. The van der Waals surface area contributed by atoms with Gasteiger partial charge < -0.3 is 15.5 Å². The number of carbonyl (C=O) groups is 1. The molecular formula is C13H20N2O2. The zero-order valence-electron chi connectivity index (χ0n) is 10.2. The van der Waals surface area contributed by atoms with Gasteiger partial charge in [0.05, 0.1) is 5.92 Å². The van der Waals surface area contributed by atoms with Crippen LogP contribution in [0.25, 0.3) is 0 Å². The lowest BCUT2D eigenvalue weighted by Gasteiger charge is -2.13. The molecule has 4 heteroatoms. The zero-order valence-corrected chi connectivity index (χ0v) is 10.2. The number of carbonyl (C=O) groups excluding carboxylic acids is 1. The minimum atomic E-state index is -0.175. The molecule has 3 N–H and O–H groups in total. The smallest absolute Gasteiger partial charge is 0.225 e. The molecule has 1 heterocycles. The van der Waals surface area contributed by atoms with E-state index in [0.29, 0.717) is 19.0 Å². The highest BCUT2D eigenvalue weighted by atomic mass is 16.3. The molecular weight excluding hydrogens is 216 g/mol. The van der Waals surface area contributed by atoms with E-state index in [1.807, 2.05) is 19.1 Å². The van der Waals surface area contributed by atoms with Crippen LogP contribution < -0.4 is 11.1 Å². The Bertz CT molecular complexity index is 383. The van der Waals surface area contributed by atoms with Crippen LogP contribution >= 0.6 is 0 Å². The first kappa shape index (κ1) is 12.2. The van der Waals surface area contributed by atoms with Gasteiger partial charge in [0.1, 0.15) is 11.5 Å². The molecule has 2 rings (SSSR count). The molecule has 0 saturated heterocycles. The summed E-state index contributed by atoms with van der Waals surface area (Å²) in [5.41, 5.74) is 5.65. The number of hydrogen-bond acceptors (Lipinski definition) is 3. The second-order valence-corrected chi connectivity index (χ2v) is 4.64. The topological polar surface area (TPSA) is 68.3 Å². The fraction of sp³-hybridized carbons (Fsp3) is 0.615. The van der Waals surface area contributed by atoms with Crippen LogP contribution in [-0.2, 0) is 17.6 Å². The lowest BCUT2D eigenvalue weighted by atomic mass is 10.0. The fourth-order valence-corrected chi connectivity index (χ4v) is 1.79. The largest absolute Gasteiger partial charge is 0.466 e. The maximum Gasteiger partial charge on any atom is 0.225 e. The molecule has 1 amide bonds. The zero-order chi connectivity index (χ0) is 12.3. The molecule has 0 bridgehead atoms. The standard InChI is InChI=1S/C13H20N2O2/c1-2-11-5-6-12(17-11)7-9(8-14)13(16)15-10-3-4-10/h5-6,9-10H,2-4,7-8,14H2,1H3,(H,15,16). The van der Waals surface area contributed by atoms with E-state index in [0.717, 1.165) is 30.8 Å². The van der Waals surface area contributed by atoms with Crippen molar-refractivity contribution in [2.24, 2.45) is 11.7 Å². The third kappa shape index (κ3) is 3.33. The van der Waals surface area contributed by atoms with Crippen LogP contribution in [0.15, 0.2) is 16.5 Å². The van der Waals surface area contributed by atoms with Crippen LogP contribution in [0.2, 0.25) is 0 Å². The van der Waals surface area contributed by atoms with Crippen LogP contribution in [0.1, 0.15) is 31.3 Å². The van der Waals surface area contributed by atoms with E-state index in [9.17, 15) is 4.79 Å². The molecule has 1 aliphatic carbocycles. The summed E-state index contributed by atoms with van der Waals surface area (Å²) in [7, 11) is 0. The monoisotopic (exact) mass is 236 g/mol. The molecule has 1 atom stereocenters. The number of amides is 1. The van der Waals surface area contributed by atoms with Crippen LogP contribution in [0, 0.1) is 5.92 Å². The van der Waals surface area contributed by atoms with Crippen molar-refractivity contribution in [2.45, 2.75) is 38.6 Å². The Morgan fingerprint density at radius 2 is 2.24 bits per heavy atom. The number of hydrogen-bond donors (Lipinski definition) is 2. The van der Waals surface area contributed by atoms with Gasteiger partial charge in [-0.15, -0.1) is 0 Å². The Labute approximate surface area is 102 Å². The molecule has 1 aliphatic rings. The van der Waals surface area contributed by atoms with Gasteiger partial charge in [0.15, 0.2) is 0 Å². The van der Waals surface area contributed by atoms with Crippen molar-refractivity contribution >= 4 is 5.91 Å². The average Bonchev–Trinajstić information content (AvgIpc) is 3.02. The van der Waals surface area contributed by atoms with Gasteiger partial charge in [-0.05, 0) is 25.0 Å². The van der Waals surface area contributed by atoms with Crippen LogP contribution in [0.5, 0.6) is 0 Å². The van der Waals surface area contributed by atoms with Gasteiger partial charge in [0.25, 0.3) is 0 Å². The molecule has 1 aromatic heterocycles. The number of furan rings is 1. The summed E-state index contributed by atoms with van der Waals surface area (Å²) >= 11 is 0. The first-order valence-electron chi connectivity index (χ1n) is 6.31. The van der Waals surface area contributed by atoms with Crippen molar-refractivity contribution in [1.82, 2.24) is 5.32 Å². The van der Waals surface area contributed by atoms with Crippen molar-refractivity contribution in [3.63, 3.8) is 0 Å². The summed E-state index contributed by atoms with van der Waals surface area (Å²) < 4.78 is 5.60. The van der Waals surface area contributed by atoms with Crippen LogP contribution in [0.4, 0.5) is 0 Å². The molecule has 1 unspecified atom stereocenters. The minimum absolute atomic E-state index is 0.0597. The first-order chi connectivity index (χ1) is 8.22. The normalized spacial score (nSPS) is 16.8. The summed E-state index contributed by atoms with van der Waals surface area (Å²) in [6.45, 7) is 2.41. The van der Waals surface area contributed by atoms with Gasteiger partial charge >= 0.3 is 0 Å². The second kappa shape index (κ2) is 5.36. The average molecular weight is 236 g/mol. The van der Waals surface area contributed by atoms with Crippen molar-refractivity contribution in [1.29, 1.82) is 0 Å². The fourth-order valence-electron chi connectivity index (χ4n) is 1.79. The Hall–Kier alpha value is -1.29. The Morgan fingerprint density at radius 3 is 2.76 bits per heavy atom. The van der Waals surface area contributed by atoms with Gasteiger partial charge in [-0.1, -0.05) is 6.92 Å². The molecule has 94 valence electrons. The van der Waals surface area contributed by atoms with Crippen LogP contribution in [-0.4, -0.2) is 18.5 Å².